The molecule has 0 aromatic heterocycles. The molecule has 0 aliphatic rings. The van der Waals surface area contributed by atoms with Gasteiger partial charge in [-0.15, -0.1) is 0 Å². The Morgan fingerprint density at radius 3 is 2.46 bits per heavy atom. The highest BCUT2D eigenvalue weighted by Gasteiger charge is 2.17. The highest BCUT2D eigenvalue weighted by Crippen LogP contribution is 2.23. The van der Waals surface area contributed by atoms with Gasteiger partial charge in [0, 0.05) is 0 Å². The average Bonchev–Trinajstić information content (AvgIpc) is 2.03. The van der Waals surface area contributed by atoms with Crippen LogP contribution in [0.3, 0.4) is 0 Å². The number of hydrogen-bond acceptors (Lipinski definition) is 2. The fraction of sp³-hybridized carbons (Fsp3) is 0.250. The second-order valence-electron chi connectivity index (χ2n) is 2.59. The Kier molecular flexibility index (Phi) is 2.95. The zero-order chi connectivity index (χ0) is 10.1. The van der Waals surface area contributed by atoms with E-state index in [1.807, 2.05) is 0 Å². The lowest BCUT2D eigenvalue weighted by molar-refractivity contribution is 0.587. The van der Waals surface area contributed by atoms with E-state index in [4.69, 9.17) is 11.6 Å². The van der Waals surface area contributed by atoms with Crippen LogP contribution in [0.2, 0.25) is 5.02 Å². The molecule has 0 spiro atoms. The predicted molar refractivity (Wildman–Crippen MR) is 52.4 cm³/mol. The van der Waals surface area contributed by atoms with Gasteiger partial charge in [0.1, 0.15) is 4.90 Å². The molecule has 5 heteroatoms. The van der Waals surface area contributed by atoms with E-state index in [1.165, 1.54) is 7.05 Å². The van der Waals surface area contributed by atoms with Crippen molar-refractivity contribution in [3.63, 3.8) is 0 Å². The number of aryl methyl sites for hydroxylation is 1. The second-order valence-corrected chi connectivity index (χ2v) is 4.82. The third-order valence-electron chi connectivity index (χ3n) is 1.70. The van der Waals surface area contributed by atoms with Crippen LogP contribution in [0.15, 0.2) is 23.1 Å². The second kappa shape index (κ2) is 3.65. The number of rotatable bonds is 2. The van der Waals surface area contributed by atoms with E-state index in [-0.39, 0.29) is 9.92 Å². The summed E-state index contributed by atoms with van der Waals surface area (Å²) in [5.41, 5.74) is 0.641. The Balaban J connectivity index is 3.46. The molecule has 1 aromatic rings. The van der Waals surface area contributed by atoms with Gasteiger partial charge in [0.2, 0.25) is 10.0 Å². The van der Waals surface area contributed by atoms with Crippen LogP contribution in [0.5, 0.6) is 0 Å². The lowest BCUT2D eigenvalue weighted by atomic mass is 10.2. The molecule has 72 valence electrons. The van der Waals surface area contributed by atoms with Crippen LogP contribution in [-0.2, 0) is 10.0 Å². The van der Waals surface area contributed by atoms with Gasteiger partial charge < -0.3 is 0 Å². The van der Waals surface area contributed by atoms with Crippen LogP contribution in [0, 0.1) is 6.92 Å². The van der Waals surface area contributed by atoms with Crippen molar-refractivity contribution in [2.45, 2.75) is 11.8 Å². The lowest BCUT2D eigenvalue weighted by Crippen LogP contribution is -2.19. The molecular formula is C8H10ClNO2S. The van der Waals surface area contributed by atoms with E-state index in [2.05, 4.69) is 4.72 Å². The van der Waals surface area contributed by atoms with E-state index in [0.717, 1.165) is 0 Å². The molecule has 1 rings (SSSR count). The van der Waals surface area contributed by atoms with Gasteiger partial charge in [0.05, 0.1) is 5.02 Å². The maximum atomic E-state index is 11.4. The topological polar surface area (TPSA) is 46.2 Å². The molecule has 0 unspecified atom stereocenters. The quantitative estimate of drug-likeness (QED) is 0.821. The normalized spacial score (nSPS) is 11.6. The Bertz CT molecular complexity index is 394. The van der Waals surface area contributed by atoms with Crippen LogP contribution in [0.25, 0.3) is 0 Å². The molecule has 0 aliphatic carbocycles. The molecule has 13 heavy (non-hydrogen) atoms. The van der Waals surface area contributed by atoms with E-state index in [1.54, 1.807) is 25.1 Å². The summed E-state index contributed by atoms with van der Waals surface area (Å²) in [4.78, 5) is 0.152. The van der Waals surface area contributed by atoms with E-state index >= 15 is 0 Å². The summed E-state index contributed by atoms with van der Waals surface area (Å²) in [5.74, 6) is 0. The Morgan fingerprint density at radius 1 is 1.38 bits per heavy atom. The molecular weight excluding hydrogens is 210 g/mol. The first-order valence-electron chi connectivity index (χ1n) is 3.67. The zero-order valence-corrected chi connectivity index (χ0v) is 8.91. The number of sulfonamides is 1. The van der Waals surface area contributed by atoms with Gasteiger partial charge in [-0.3, -0.25) is 0 Å². The van der Waals surface area contributed by atoms with Crippen LogP contribution < -0.4 is 4.72 Å². The van der Waals surface area contributed by atoms with E-state index in [9.17, 15) is 8.42 Å². The molecule has 0 saturated heterocycles. The summed E-state index contributed by atoms with van der Waals surface area (Å²) >= 11 is 5.77. The van der Waals surface area contributed by atoms with Gasteiger partial charge in [-0.25, -0.2) is 13.1 Å². The summed E-state index contributed by atoms with van der Waals surface area (Å²) in [5, 5.41) is 0.245. The van der Waals surface area contributed by atoms with Crippen molar-refractivity contribution >= 4 is 21.6 Å². The average molecular weight is 220 g/mol. The summed E-state index contributed by atoms with van der Waals surface area (Å²) in [6, 6.07) is 4.97. The maximum absolute atomic E-state index is 11.4. The molecule has 0 bridgehead atoms. The van der Waals surface area contributed by atoms with Crippen molar-refractivity contribution in [2.24, 2.45) is 0 Å². The van der Waals surface area contributed by atoms with Gasteiger partial charge in [-0.2, -0.15) is 0 Å². The standard InChI is InChI=1S/C8H10ClNO2S/c1-6-4-3-5-7(9)8(6)13(11,12)10-2/h3-5,10H,1-2H3. The van der Waals surface area contributed by atoms with Gasteiger partial charge in [-0.1, -0.05) is 23.7 Å². The Hall–Kier alpha value is -0.580. The summed E-state index contributed by atoms with van der Waals surface area (Å²) < 4.78 is 25.1. The van der Waals surface area contributed by atoms with Crippen LogP contribution >= 0.6 is 11.6 Å². The molecule has 0 fully saturated rings. The highest BCUT2D eigenvalue weighted by molar-refractivity contribution is 7.89. The highest BCUT2D eigenvalue weighted by atomic mass is 35.5. The molecule has 0 saturated carbocycles. The number of benzene rings is 1. The summed E-state index contributed by atoms with van der Waals surface area (Å²) in [6.07, 6.45) is 0. The maximum Gasteiger partial charge on any atom is 0.242 e. The third-order valence-corrected chi connectivity index (χ3v) is 3.75. The molecule has 0 amide bonds. The first-order chi connectivity index (χ1) is 5.99. The Labute approximate surface area is 82.8 Å². The van der Waals surface area contributed by atoms with Crippen molar-refractivity contribution in [3.05, 3.63) is 28.8 Å². The molecule has 1 N–H and O–H groups in total. The SMILES string of the molecule is CNS(=O)(=O)c1c(C)cccc1Cl. The molecule has 1 aromatic carbocycles. The molecule has 0 radical (unpaired) electrons. The van der Waals surface area contributed by atoms with Crippen LogP contribution in [0.1, 0.15) is 5.56 Å². The minimum Gasteiger partial charge on any atom is -0.214 e. The van der Waals surface area contributed by atoms with Crippen LogP contribution in [0.4, 0.5) is 0 Å². The molecule has 0 atom stereocenters. The summed E-state index contributed by atoms with van der Waals surface area (Å²) in [6.45, 7) is 1.70. The lowest BCUT2D eigenvalue weighted by Gasteiger charge is -2.07. The van der Waals surface area contributed by atoms with Crippen molar-refractivity contribution in [1.82, 2.24) is 4.72 Å². The molecule has 0 heterocycles. The van der Waals surface area contributed by atoms with Gasteiger partial charge in [0.15, 0.2) is 0 Å². The van der Waals surface area contributed by atoms with Crippen molar-refractivity contribution < 1.29 is 8.42 Å². The first-order valence-corrected chi connectivity index (χ1v) is 5.54. The van der Waals surface area contributed by atoms with Gasteiger partial charge in [0.25, 0.3) is 0 Å². The number of hydrogen-bond donors (Lipinski definition) is 1. The smallest absolute Gasteiger partial charge is 0.214 e. The van der Waals surface area contributed by atoms with Crippen molar-refractivity contribution in [1.29, 1.82) is 0 Å². The van der Waals surface area contributed by atoms with Gasteiger partial charge in [-0.05, 0) is 25.6 Å². The number of halogens is 1. The van der Waals surface area contributed by atoms with E-state index in [0.29, 0.717) is 5.56 Å². The minimum atomic E-state index is -3.44. The summed E-state index contributed by atoms with van der Waals surface area (Å²) in [7, 11) is -2.08. The largest absolute Gasteiger partial charge is 0.242 e. The zero-order valence-electron chi connectivity index (χ0n) is 7.33. The van der Waals surface area contributed by atoms with E-state index < -0.39 is 10.0 Å². The fourth-order valence-corrected chi connectivity index (χ4v) is 2.61. The molecule has 3 nitrogen and oxygen atoms in total. The molecule has 0 aliphatic heterocycles. The predicted octanol–water partition coefficient (Wildman–Crippen LogP) is 1.56. The minimum absolute atomic E-state index is 0.152. The third kappa shape index (κ3) is 2.02. The van der Waals surface area contributed by atoms with Crippen molar-refractivity contribution in [2.75, 3.05) is 7.05 Å². The number of nitrogens with one attached hydrogen (secondary N) is 1. The van der Waals surface area contributed by atoms with Gasteiger partial charge >= 0.3 is 0 Å². The fourth-order valence-electron chi connectivity index (χ4n) is 1.06. The Morgan fingerprint density at radius 2 is 2.00 bits per heavy atom. The first kappa shape index (κ1) is 10.5. The monoisotopic (exact) mass is 219 g/mol. The van der Waals surface area contributed by atoms with Crippen molar-refractivity contribution in [3.8, 4) is 0 Å². The van der Waals surface area contributed by atoms with Crippen LogP contribution in [-0.4, -0.2) is 15.5 Å².